The van der Waals surface area contributed by atoms with Gasteiger partial charge in [0.2, 0.25) is 0 Å². The molecule has 0 atom stereocenters. The number of hydrogen-bond donors (Lipinski definition) is 3. The molecule has 14 heavy (non-hydrogen) atoms. The second-order valence-corrected chi connectivity index (χ2v) is 2.62. The zero-order valence-corrected chi connectivity index (χ0v) is 7.58. The molecule has 4 heteroatoms. The largest absolute Gasteiger partial charge is 0.374 e. The van der Waals surface area contributed by atoms with Crippen LogP contribution in [0.15, 0.2) is 24.3 Å². The predicted octanol–water partition coefficient (Wildman–Crippen LogP) is 1.22. The minimum Gasteiger partial charge on any atom is -0.374 e. The SMILES string of the molecule is C#CCNc1ccc(NC(N)=O)cc1. The van der Waals surface area contributed by atoms with E-state index in [1.54, 1.807) is 12.1 Å². The number of primary amides is 1. The van der Waals surface area contributed by atoms with Gasteiger partial charge in [-0.3, -0.25) is 0 Å². The van der Waals surface area contributed by atoms with Crippen molar-refractivity contribution in [2.24, 2.45) is 5.73 Å². The minimum atomic E-state index is -0.575. The number of rotatable bonds is 3. The number of carbonyl (C=O) groups is 1. The van der Waals surface area contributed by atoms with Crippen LogP contribution in [0.3, 0.4) is 0 Å². The molecular formula is C10H11N3O. The van der Waals surface area contributed by atoms with E-state index in [0.29, 0.717) is 12.2 Å². The second-order valence-electron chi connectivity index (χ2n) is 2.62. The maximum Gasteiger partial charge on any atom is 0.316 e. The highest BCUT2D eigenvalue weighted by molar-refractivity contribution is 5.87. The number of terminal acetylenes is 1. The van der Waals surface area contributed by atoms with Gasteiger partial charge in [-0.25, -0.2) is 4.79 Å². The molecule has 2 amide bonds. The molecule has 0 aromatic heterocycles. The molecule has 1 aromatic rings. The van der Waals surface area contributed by atoms with E-state index >= 15 is 0 Å². The molecular weight excluding hydrogens is 178 g/mol. The third-order valence-electron chi connectivity index (χ3n) is 1.55. The quantitative estimate of drug-likeness (QED) is 0.626. The van der Waals surface area contributed by atoms with E-state index in [4.69, 9.17) is 12.2 Å². The van der Waals surface area contributed by atoms with Crippen molar-refractivity contribution < 1.29 is 4.79 Å². The number of carbonyl (C=O) groups excluding carboxylic acids is 1. The first-order valence-corrected chi connectivity index (χ1v) is 4.06. The smallest absolute Gasteiger partial charge is 0.316 e. The van der Waals surface area contributed by atoms with E-state index in [-0.39, 0.29) is 0 Å². The summed E-state index contributed by atoms with van der Waals surface area (Å²) >= 11 is 0. The Morgan fingerprint density at radius 3 is 2.43 bits per heavy atom. The Kier molecular flexibility index (Phi) is 3.39. The molecule has 4 nitrogen and oxygen atoms in total. The van der Waals surface area contributed by atoms with Gasteiger partial charge in [-0.1, -0.05) is 5.92 Å². The van der Waals surface area contributed by atoms with Gasteiger partial charge in [-0.2, -0.15) is 0 Å². The maximum absolute atomic E-state index is 10.5. The Bertz CT molecular complexity index is 351. The van der Waals surface area contributed by atoms with Crippen LogP contribution in [0.1, 0.15) is 0 Å². The highest BCUT2D eigenvalue weighted by Crippen LogP contribution is 2.12. The van der Waals surface area contributed by atoms with Crippen molar-refractivity contribution in [1.29, 1.82) is 0 Å². The molecule has 0 saturated carbocycles. The summed E-state index contributed by atoms with van der Waals surface area (Å²) in [6.45, 7) is 0.475. The van der Waals surface area contributed by atoms with Gasteiger partial charge >= 0.3 is 6.03 Å². The third-order valence-corrected chi connectivity index (χ3v) is 1.55. The zero-order chi connectivity index (χ0) is 10.4. The molecule has 0 bridgehead atoms. The minimum absolute atomic E-state index is 0.475. The van der Waals surface area contributed by atoms with Crippen LogP contribution in [0.5, 0.6) is 0 Å². The lowest BCUT2D eigenvalue weighted by Gasteiger charge is -2.04. The molecule has 0 spiro atoms. The number of amides is 2. The summed E-state index contributed by atoms with van der Waals surface area (Å²) in [6.07, 6.45) is 5.09. The van der Waals surface area contributed by atoms with Gasteiger partial charge in [0, 0.05) is 11.4 Å². The van der Waals surface area contributed by atoms with Crippen LogP contribution in [0, 0.1) is 12.3 Å². The first kappa shape index (κ1) is 9.93. The summed E-state index contributed by atoms with van der Waals surface area (Å²) < 4.78 is 0. The molecule has 0 radical (unpaired) electrons. The molecule has 0 aliphatic carbocycles. The third kappa shape index (κ3) is 3.07. The number of nitrogens with one attached hydrogen (secondary N) is 2. The molecule has 4 N–H and O–H groups in total. The van der Waals surface area contributed by atoms with Gasteiger partial charge in [0.25, 0.3) is 0 Å². The standard InChI is InChI=1S/C10H11N3O/c1-2-7-12-8-3-5-9(6-4-8)13-10(11)14/h1,3-6,12H,7H2,(H3,11,13,14). The van der Waals surface area contributed by atoms with Gasteiger partial charge in [0.05, 0.1) is 6.54 Å². The van der Waals surface area contributed by atoms with Crippen molar-refractivity contribution in [3.05, 3.63) is 24.3 Å². The fourth-order valence-corrected chi connectivity index (χ4v) is 0.967. The lowest BCUT2D eigenvalue weighted by Crippen LogP contribution is -2.19. The van der Waals surface area contributed by atoms with E-state index in [1.165, 1.54) is 0 Å². The first-order valence-electron chi connectivity index (χ1n) is 4.06. The van der Waals surface area contributed by atoms with E-state index in [0.717, 1.165) is 5.69 Å². The Balaban J connectivity index is 2.60. The molecule has 1 aromatic carbocycles. The molecule has 0 aliphatic rings. The monoisotopic (exact) mass is 189 g/mol. The average molecular weight is 189 g/mol. The number of hydrogen-bond acceptors (Lipinski definition) is 2. The van der Waals surface area contributed by atoms with Gasteiger partial charge in [0.1, 0.15) is 0 Å². The molecule has 0 saturated heterocycles. The summed E-state index contributed by atoms with van der Waals surface area (Å²) in [7, 11) is 0. The van der Waals surface area contributed by atoms with E-state index in [1.807, 2.05) is 12.1 Å². The maximum atomic E-state index is 10.5. The number of urea groups is 1. The van der Waals surface area contributed by atoms with Crippen LogP contribution in [0.25, 0.3) is 0 Å². The van der Waals surface area contributed by atoms with Gasteiger partial charge < -0.3 is 16.4 Å². The summed E-state index contributed by atoms with van der Waals surface area (Å²) in [5, 5.41) is 5.45. The lowest BCUT2D eigenvalue weighted by atomic mass is 10.3. The summed E-state index contributed by atoms with van der Waals surface area (Å²) in [5.74, 6) is 2.46. The van der Waals surface area contributed by atoms with Crippen LogP contribution in [-0.2, 0) is 0 Å². The number of anilines is 2. The highest BCUT2D eigenvalue weighted by Gasteiger charge is 1.95. The normalized spacial score (nSPS) is 8.79. The van der Waals surface area contributed by atoms with E-state index < -0.39 is 6.03 Å². The highest BCUT2D eigenvalue weighted by atomic mass is 16.2. The molecule has 0 aliphatic heterocycles. The molecule has 0 unspecified atom stereocenters. The Morgan fingerprint density at radius 1 is 1.36 bits per heavy atom. The predicted molar refractivity (Wildman–Crippen MR) is 57.0 cm³/mol. The van der Waals surface area contributed by atoms with Crippen LogP contribution < -0.4 is 16.4 Å². The summed E-state index contributed by atoms with van der Waals surface area (Å²) in [6, 6.07) is 6.52. The van der Waals surface area contributed by atoms with Gasteiger partial charge in [-0.05, 0) is 24.3 Å². The number of nitrogens with two attached hydrogens (primary N) is 1. The molecule has 0 fully saturated rings. The topological polar surface area (TPSA) is 67.2 Å². The zero-order valence-electron chi connectivity index (χ0n) is 7.58. The van der Waals surface area contributed by atoms with Crippen molar-refractivity contribution in [1.82, 2.24) is 0 Å². The summed E-state index contributed by atoms with van der Waals surface area (Å²) in [5.41, 5.74) is 6.51. The molecule has 72 valence electrons. The van der Waals surface area contributed by atoms with Crippen LogP contribution in [-0.4, -0.2) is 12.6 Å². The van der Waals surface area contributed by atoms with Crippen molar-refractivity contribution >= 4 is 17.4 Å². The first-order chi connectivity index (χ1) is 6.72. The Labute approximate surface area is 82.5 Å². The van der Waals surface area contributed by atoms with Crippen molar-refractivity contribution in [2.75, 3.05) is 17.2 Å². The molecule has 0 heterocycles. The van der Waals surface area contributed by atoms with Crippen molar-refractivity contribution in [2.45, 2.75) is 0 Å². The van der Waals surface area contributed by atoms with Crippen LogP contribution in [0.2, 0.25) is 0 Å². The fourth-order valence-electron chi connectivity index (χ4n) is 0.967. The van der Waals surface area contributed by atoms with Crippen molar-refractivity contribution in [3.63, 3.8) is 0 Å². The second kappa shape index (κ2) is 4.77. The van der Waals surface area contributed by atoms with E-state index in [9.17, 15) is 4.79 Å². The Hall–Kier alpha value is -2.15. The fraction of sp³-hybridized carbons (Fsp3) is 0.100. The van der Waals surface area contributed by atoms with Crippen LogP contribution >= 0.6 is 0 Å². The van der Waals surface area contributed by atoms with E-state index in [2.05, 4.69) is 16.6 Å². The Morgan fingerprint density at radius 2 is 1.93 bits per heavy atom. The average Bonchev–Trinajstić information content (AvgIpc) is 2.16. The lowest BCUT2D eigenvalue weighted by molar-refractivity contribution is 0.259. The van der Waals surface area contributed by atoms with Gasteiger partial charge in [-0.15, -0.1) is 6.42 Å². The van der Waals surface area contributed by atoms with Gasteiger partial charge in [0.15, 0.2) is 0 Å². The number of benzene rings is 1. The summed E-state index contributed by atoms with van der Waals surface area (Å²) in [4.78, 5) is 10.5. The van der Waals surface area contributed by atoms with Crippen LogP contribution in [0.4, 0.5) is 16.2 Å². The molecule has 1 rings (SSSR count). The van der Waals surface area contributed by atoms with Crippen molar-refractivity contribution in [3.8, 4) is 12.3 Å².